The third-order valence-corrected chi connectivity index (χ3v) is 3.35. The molecule has 0 bridgehead atoms. The fourth-order valence-electron chi connectivity index (χ4n) is 1.27. The van der Waals surface area contributed by atoms with Gasteiger partial charge in [-0.2, -0.15) is 0 Å². The number of thiazole rings is 1. The average Bonchev–Trinajstić information content (AvgIpc) is 2.17. The first-order chi connectivity index (χ1) is 5.36. The molecule has 0 radical (unpaired) electrons. The molecule has 0 aliphatic carbocycles. The average molecular weight is 233 g/mol. The van der Waals surface area contributed by atoms with Crippen molar-refractivity contribution in [2.24, 2.45) is 0 Å². The van der Waals surface area contributed by atoms with Gasteiger partial charge in [0, 0.05) is 11.4 Å². The van der Waals surface area contributed by atoms with E-state index in [0.717, 1.165) is 23.4 Å². The topological polar surface area (TPSA) is 24.9 Å². The van der Waals surface area contributed by atoms with Crippen LogP contribution in [0.5, 0.6) is 0 Å². The van der Waals surface area contributed by atoms with Gasteiger partial charge in [0.05, 0.1) is 5.69 Å². The second kappa shape index (κ2) is 3.21. The molecule has 0 fully saturated rings. The molecule has 0 saturated heterocycles. The van der Waals surface area contributed by atoms with Gasteiger partial charge in [-0.1, -0.05) is 0 Å². The number of aryl methyl sites for hydroxylation is 1. The van der Waals surface area contributed by atoms with E-state index in [1.165, 1.54) is 17.0 Å². The first-order valence-corrected chi connectivity index (χ1v) is 5.32. The molecule has 1 aromatic rings. The van der Waals surface area contributed by atoms with Crippen molar-refractivity contribution in [1.82, 2.24) is 10.3 Å². The van der Waals surface area contributed by atoms with E-state index in [4.69, 9.17) is 0 Å². The molecule has 0 unspecified atom stereocenters. The van der Waals surface area contributed by atoms with Crippen molar-refractivity contribution in [2.45, 2.75) is 19.4 Å². The van der Waals surface area contributed by atoms with Crippen molar-refractivity contribution >= 4 is 27.3 Å². The van der Waals surface area contributed by atoms with Gasteiger partial charge in [-0.15, -0.1) is 11.3 Å². The SMILES string of the molecule is Brc1nc2c(s1)CNCCC2. The molecular weight excluding hydrogens is 224 g/mol. The van der Waals surface area contributed by atoms with Crippen LogP contribution in [-0.4, -0.2) is 11.5 Å². The van der Waals surface area contributed by atoms with Gasteiger partial charge in [-0.05, 0) is 35.3 Å². The Morgan fingerprint density at radius 3 is 3.36 bits per heavy atom. The second-order valence-corrected chi connectivity index (χ2v) is 4.98. The molecule has 0 spiro atoms. The van der Waals surface area contributed by atoms with Crippen LogP contribution in [0.25, 0.3) is 0 Å². The predicted molar refractivity (Wildman–Crippen MR) is 49.8 cm³/mol. The van der Waals surface area contributed by atoms with Crippen molar-refractivity contribution in [3.63, 3.8) is 0 Å². The van der Waals surface area contributed by atoms with Gasteiger partial charge >= 0.3 is 0 Å². The molecule has 2 nitrogen and oxygen atoms in total. The Kier molecular flexibility index (Phi) is 2.25. The maximum atomic E-state index is 4.41. The summed E-state index contributed by atoms with van der Waals surface area (Å²) in [7, 11) is 0. The zero-order valence-corrected chi connectivity index (χ0v) is 8.46. The summed E-state index contributed by atoms with van der Waals surface area (Å²) in [6, 6.07) is 0. The lowest BCUT2D eigenvalue weighted by atomic mass is 10.2. The molecule has 0 atom stereocenters. The van der Waals surface area contributed by atoms with Crippen LogP contribution in [0, 0.1) is 0 Å². The van der Waals surface area contributed by atoms with Crippen LogP contribution in [0.3, 0.4) is 0 Å². The number of rotatable bonds is 0. The molecular formula is C7H9BrN2S. The largest absolute Gasteiger partial charge is 0.312 e. The molecule has 1 aromatic heterocycles. The molecule has 0 aromatic carbocycles. The molecule has 4 heteroatoms. The van der Waals surface area contributed by atoms with Gasteiger partial charge in [0.25, 0.3) is 0 Å². The van der Waals surface area contributed by atoms with Crippen LogP contribution < -0.4 is 5.32 Å². The van der Waals surface area contributed by atoms with Crippen LogP contribution in [-0.2, 0) is 13.0 Å². The molecule has 1 aliphatic heterocycles. The van der Waals surface area contributed by atoms with Crippen molar-refractivity contribution in [3.8, 4) is 0 Å². The van der Waals surface area contributed by atoms with E-state index in [0.29, 0.717) is 0 Å². The van der Waals surface area contributed by atoms with Crippen molar-refractivity contribution in [1.29, 1.82) is 0 Å². The van der Waals surface area contributed by atoms with Gasteiger partial charge in [0.15, 0.2) is 3.92 Å². The summed E-state index contributed by atoms with van der Waals surface area (Å²) in [6.07, 6.45) is 2.34. The smallest absolute Gasteiger partial charge is 0.159 e. The molecule has 11 heavy (non-hydrogen) atoms. The van der Waals surface area contributed by atoms with E-state index in [-0.39, 0.29) is 0 Å². The Morgan fingerprint density at radius 1 is 1.55 bits per heavy atom. The van der Waals surface area contributed by atoms with Crippen molar-refractivity contribution in [3.05, 3.63) is 14.5 Å². The highest BCUT2D eigenvalue weighted by Crippen LogP contribution is 2.25. The summed E-state index contributed by atoms with van der Waals surface area (Å²) < 4.78 is 1.02. The molecule has 1 aliphatic rings. The minimum atomic E-state index is 0.999. The van der Waals surface area contributed by atoms with Crippen molar-refractivity contribution in [2.75, 3.05) is 6.54 Å². The van der Waals surface area contributed by atoms with Gasteiger partial charge in [-0.3, -0.25) is 0 Å². The van der Waals surface area contributed by atoms with Gasteiger partial charge in [-0.25, -0.2) is 4.98 Å². The first kappa shape index (κ1) is 7.71. The van der Waals surface area contributed by atoms with Gasteiger partial charge < -0.3 is 5.32 Å². The number of halogens is 1. The minimum Gasteiger partial charge on any atom is -0.312 e. The fourth-order valence-corrected chi connectivity index (χ4v) is 2.87. The third kappa shape index (κ3) is 1.63. The Balaban J connectivity index is 2.32. The van der Waals surface area contributed by atoms with E-state index in [1.807, 2.05) is 0 Å². The molecule has 2 rings (SSSR count). The second-order valence-electron chi connectivity index (χ2n) is 2.62. The molecule has 1 N–H and O–H groups in total. The lowest BCUT2D eigenvalue weighted by molar-refractivity contribution is 0.682. The number of hydrogen-bond donors (Lipinski definition) is 1. The summed E-state index contributed by atoms with van der Waals surface area (Å²) in [4.78, 5) is 5.80. The lowest BCUT2D eigenvalue weighted by Gasteiger charge is -1.93. The zero-order valence-electron chi connectivity index (χ0n) is 6.06. The number of hydrogen-bond acceptors (Lipinski definition) is 3. The van der Waals surface area contributed by atoms with Crippen molar-refractivity contribution < 1.29 is 0 Å². The van der Waals surface area contributed by atoms with E-state index in [1.54, 1.807) is 11.3 Å². The summed E-state index contributed by atoms with van der Waals surface area (Å²) in [5.41, 5.74) is 1.28. The van der Waals surface area contributed by atoms with E-state index in [2.05, 4.69) is 26.2 Å². The Morgan fingerprint density at radius 2 is 2.45 bits per heavy atom. The number of fused-ring (bicyclic) bond motifs is 1. The highest BCUT2D eigenvalue weighted by molar-refractivity contribution is 9.11. The van der Waals surface area contributed by atoms with Crippen LogP contribution in [0.15, 0.2) is 3.92 Å². The van der Waals surface area contributed by atoms with Crippen LogP contribution in [0.2, 0.25) is 0 Å². The number of aromatic nitrogens is 1. The van der Waals surface area contributed by atoms with Crippen LogP contribution in [0.4, 0.5) is 0 Å². The third-order valence-electron chi connectivity index (χ3n) is 1.80. The highest BCUT2D eigenvalue weighted by atomic mass is 79.9. The molecule has 0 amide bonds. The Labute approximate surface area is 78.2 Å². The number of nitrogens with one attached hydrogen (secondary N) is 1. The summed E-state index contributed by atoms with van der Waals surface area (Å²) in [5, 5.41) is 3.37. The van der Waals surface area contributed by atoms with E-state index >= 15 is 0 Å². The Hall–Kier alpha value is 0.0700. The van der Waals surface area contributed by atoms with Gasteiger partial charge in [0.1, 0.15) is 0 Å². The zero-order chi connectivity index (χ0) is 7.68. The predicted octanol–water partition coefficient (Wildman–Crippen LogP) is 1.94. The Bertz CT molecular complexity index is 235. The normalized spacial score (nSPS) is 17.5. The quantitative estimate of drug-likeness (QED) is 0.740. The molecule has 0 saturated carbocycles. The van der Waals surface area contributed by atoms with E-state index in [9.17, 15) is 0 Å². The van der Waals surface area contributed by atoms with Crippen LogP contribution >= 0.6 is 27.3 Å². The highest BCUT2D eigenvalue weighted by Gasteiger charge is 2.11. The summed E-state index contributed by atoms with van der Waals surface area (Å²) in [5.74, 6) is 0. The maximum absolute atomic E-state index is 4.41. The van der Waals surface area contributed by atoms with E-state index < -0.39 is 0 Å². The summed E-state index contributed by atoms with van der Waals surface area (Å²) >= 11 is 5.14. The molecule has 60 valence electrons. The minimum absolute atomic E-state index is 0.999. The monoisotopic (exact) mass is 232 g/mol. The lowest BCUT2D eigenvalue weighted by Crippen LogP contribution is -2.11. The molecule has 2 heterocycles. The maximum Gasteiger partial charge on any atom is 0.159 e. The standard InChI is InChI=1S/C7H9BrN2S/c8-7-10-5-2-1-3-9-4-6(5)11-7/h9H,1-4H2. The fraction of sp³-hybridized carbons (Fsp3) is 0.571. The van der Waals surface area contributed by atoms with Gasteiger partial charge in [0.2, 0.25) is 0 Å². The number of nitrogens with zero attached hydrogens (tertiary/aromatic N) is 1. The van der Waals surface area contributed by atoms with Crippen LogP contribution in [0.1, 0.15) is 17.0 Å². The first-order valence-electron chi connectivity index (χ1n) is 3.71. The summed E-state index contributed by atoms with van der Waals surface area (Å²) in [6.45, 7) is 2.12.